The molecule has 0 spiro atoms. The van der Waals surface area contributed by atoms with Crippen molar-refractivity contribution in [2.45, 2.75) is 6.42 Å². The van der Waals surface area contributed by atoms with Crippen molar-refractivity contribution in [2.75, 3.05) is 20.8 Å². The van der Waals surface area contributed by atoms with Crippen LogP contribution in [-0.4, -0.2) is 25.8 Å². The Morgan fingerprint density at radius 2 is 2.27 bits per heavy atom. The molecule has 0 unspecified atom stereocenters. The Kier molecular flexibility index (Phi) is 5.36. The van der Waals surface area contributed by atoms with Gasteiger partial charge in [-0.25, -0.2) is 4.98 Å². The zero-order valence-electron chi connectivity index (χ0n) is 8.87. The molecule has 1 aromatic heterocycles. The molecule has 0 aliphatic carbocycles. The van der Waals surface area contributed by atoms with E-state index in [1.807, 2.05) is 18.2 Å². The quantitative estimate of drug-likeness (QED) is 0.772. The molecule has 0 atom stereocenters. The standard InChI is InChI=1S/C11H14BrNO2/c1-14-6-4-3-5-9-7-10(12)8-13-11(9)15-2/h3,5,7-8H,4,6H2,1-2H3. The number of halogens is 1. The minimum atomic E-state index is 0.631. The topological polar surface area (TPSA) is 31.4 Å². The van der Waals surface area contributed by atoms with Gasteiger partial charge in [0.15, 0.2) is 0 Å². The van der Waals surface area contributed by atoms with Crippen molar-refractivity contribution in [1.82, 2.24) is 4.98 Å². The van der Waals surface area contributed by atoms with Gasteiger partial charge in [0.05, 0.1) is 7.11 Å². The maximum absolute atomic E-state index is 5.14. The number of hydrogen-bond donors (Lipinski definition) is 0. The Hall–Kier alpha value is -0.870. The molecule has 0 amide bonds. The van der Waals surface area contributed by atoms with Crippen LogP contribution in [0.3, 0.4) is 0 Å². The van der Waals surface area contributed by atoms with Gasteiger partial charge in [0.2, 0.25) is 5.88 Å². The first-order chi connectivity index (χ1) is 7.27. The second kappa shape index (κ2) is 6.58. The number of ether oxygens (including phenoxy) is 2. The van der Waals surface area contributed by atoms with Crippen LogP contribution in [0.1, 0.15) is 12.0 Å². The Labute approximate surface area is 98.2 Å². The largest absolute Gasteiger partial charge is 0.481 e. The van der Waals surface area contributed by atoms with Crippen LogP contribution in [-0.2, 0) is 4.74 Å². The lowest BCUT2D eigenvalue weighted by atomic mass is 10.2. The van der Waals surface area contributed by atoms with E-state index < -0.39 is 0 Å². The summed E-state index contributed by atoms with van der Waals surface area (Å²) in [6.45, 7) is 0.722. The summed E-state index contributed by atoms with van der Waals surface area (Å²) in [5, 5.41) is 0. The number of pyridine rings is 1. The Morgan fingerprint density at radius 1 is 1.47 bits per heavy atom. The fourth-order valence-electron chi connectivity index (χ4n) is 1.13. The first kappa shape index (κ1) is 12.2. The average Bonchev–Trinajstić information content (AvgIpc) is 2.25. The molecule has 0 bridgehead atoms. The molecule has 82 valence electrons. The zero-order valence-corrected chi connectivity index (χ0v) is 10.5. The SMILES string of the molecule is COCCC=Cc1cc(Br)cnc1OC. The van der Waals surface area contributed by atoms with Gasteiger partial charge in [0, 0.05) is 29.9 Å². The number of aromatic nitrogens is 1. The maximum Gasteiger partial charge on any atom is 0.220 e. The lowest BCUT2D eigenvalue weighted by Gasteiger charge is -2.03. The van der Waals surface area contributed by atoms with E-state index in [0.29, 0.717) is 5.88 Å². The zero-order chi connectivity index (χ0) is 11.1. The van der Waals surface area contributed by atoms with Gasteiger partial charge in [-0.2, -0.15) is 0 Å². The van der Waals surface area contributed by atoms with Crippen molar-refractivity contribution in [2.24, 2.45) is 0 Å². The highest BCUT2D eigenvalue weighted by Crippen LogP contribution is 2.20. The van der Waals surface area contributed by atoms with Gasteiger partial charge in [0.25, 0.3) is 0 Å². The Morgan fingerprint density at radius 3 is 2.93 bits per heavy atom. The minimum Gasteiger partial charge on any atom is -0.481 e. The molecule has 0 saturated heterocycles. The second-order valence-corrected chi connectivity index (χ2v) is 3.85. The predicted octanol–water partition coefficient (Wildman–Crippen LogP) is 2.90. The summed E-state index contributed by atoms with van der Waals surface area (Å²) >= 11 is 3.37. The van der Waals surface area contributed by atoms with Crippen LogP contribution in [0.4, 0.5) is 0 Å². The van der Waals surface area contributed by atoms with Crippen molar-refractivity contribution in [3.63, 3.8) is 0 Å². The van der Waals surface area contributed by atoms with E-state index in [4.69, 9.17) is 9.47 Å². The molecule has 4 heteroatoms. The number of nitrogens with zero attached hydrogens (tertiary/aromatic N) is 1. The van der Waals surface area contributed by atoms with E-state index >= 15 is 0 Å². The van der Waals surface area contributed by atoms with Gasteiger partial charge in [-0.15, -0.1) is 0 Å². The van der Waals surface area contributed by atoms with Crippen molar-refractivity contribution < 1.29 is 9.47 Å². The molecule has 1 heterocycles. The van der Waals surface area contributed by atoms with E-state index in [1.54, 1.807) is 20.4 Å². The Bertz CT molecular complexity index is 339. The van der Waals surface area contributed by atoms with Crippen LogP contribution in [0, 0.1) is 0 Å². The summed E-state index contributed by atoms with van der Waals surface area (Å²) in [5.41, 5.74) is 0.961. The summed E-state index contributed by atoms with van der Waals surface area (Å²) in [6.07, 6.45) is 6.61. The van der Waals surface area contributed by atoms with Gasteiger partial charge < -0.3 is 9.47 Å². The molecule has 3 nitrogen and oxygen atoms in total. The van der Waals surface area contributed by atoms with Crippen LogP contribution in [0.2, 0.25) is 0 Å². The minimum absolute atomic E-state index is 0.631. The highest BCUT2D eigenvalue weighted by Gasteiger charge is 2.00. The van der Waals surface area contributed by atoms with Gasteiger partial charge in [-0.05, 0) is 28.4 Å². The van der Waals surface area contributed by atoms with Crippen LogP contribution >= 0.6 is 15.9 Å². The summed E-state index contributed by atoms with van der Waals surface area (Å²) in [7, 11) is 3.30. The first-order valence-corrected chi connectivity index (χ1v) is 5.42. The van der Waals surface area contributed by atoms with E-state index in [2.05, 4.69) is 20.9 Å². The third-order valence-electron chi connectivity index (χ3n) is 1.82. The number of rotatable bonds is 5. The smallest absolute Gasteiger partial charge is 0.220 e. The summed E-state index contributed by atoms with van der Waals surface area (Å²) < 4.78 is 11.0. The monoisotopic (exact) mass is 271 g/mol. The van der Waals surface area contributed by atoms with Gasteiger partial charge >= 0.3 is 0 Å². The molecular weight excluding hydrogens is 258 g/mol. The predicted molar refractivity (Wildman–Crippen MR) is 64.0 cm³/mol. The Balaban J connectivity index is 2.73. The molecular formula is C11H14BrNO2. The molecule has 0 aliphatic heterocycles. The molecule has 0 aromatic carbocycles. The average molecular weight is 272 g/mol. The molecule has 1 rings (SSSR count). The normalized spacial score (nSPS) is 10.9. The van der Waals surface area contributed by atoms with Gasteiger partial charge in [-0.3, -0.25) is 0 Å². The van der Waals surface area contributed by atoms with Crippen LogP contribution in [0.5, 0.6) is 5.88 Å². The molecule has 0 radical (unpaired) electrons. The van der Waals surface area contributed by atoms with Crippen molar-refractivity contribution in [1.29, 1.82) is 0 Å². The van der Waals surface area contributed by atoms with Crippen molar-refractivity contribution >= 4 is 22.0 Å². The van der Waals surface area contributed by atoms with Crippen molar-refractivity contribution in [3.8, 4) is 5.88 Å². The van der Waals surface area contributed by atoms with Gasteiger partial charge in [0.1, 0.15) is 0 Å². The molecule has 0 saturated carbocycles. The summed E-state index contributed by atoms with van der Waals surface area (Å²) in [4.78, 5) is 4.14. The third-order valence-corrected chi connectivity index (χ3v) is 2.26. The van der Waals surface area contributed by atoms with E-state index in [9.17, 15) is 0 Å². The molecule has 0 fully saturated rings. The molecule has 1 aromatic rings. The highest BCUT2D eigenvalue weighted by atomic mass is 79.9. The lowest BCUT2D eigenvalue weighted by molar-refractivity contribution is 0.204. The third kappa shape index (κ3) is 4.01. The van der Waals surface area contributed by atoms with Crippen LogP contribution in [0.25, 0.3) is 6.08 Å². The summed E-state index contributed by atoms with van der Waals surface area (Å²) in [5.74, 6) is 0.631. The van der Waals surface area contributed by atoms with E-state index in [1.165, 1.54) is 0 Å². The molecule has 0 aliphatic rings. The number of methoxy groups -OCH3 is 2. The van der Waals surface area contributed by atoms with E-state index in [-0.39, 0.29) is 0 Å². The van der Waals surface area contributed by atoms with Gasteiger partial charge in [-0.1, -0.05) is 12.2 Å². The fourth-order valence-corrected chi connectivity index (χ4v) is 1.48. The second-order valence-electron chi connectivity index (χ2n) is 2.94. The molecule has 0 N–H and O–H groups in total. The van der Waals surface area contributed by atoms with Crippen LogP contribution < -0.4 is 4.74 Å². The number of hydrogen-bond acceptors (Lipinski definition) is 3. The van der Waals surface area contributed by atoms with Crippen LogP contribution in [0.15, 0.2) is 22.8 Å². The summed E-state index contributed by atoms with van der Waals surface area (Å²) in [6, 6.07) is 1.97. The maximum atomic E-state index is 5.14. The fraction of sp³-hybridized carbons (Fsp3) is 0.364. The molecule has 15 heavy (non-hydrogen) atoms. The van der Waals surface area contributed by atoms with Crippen molar-refractivity contribution in [3.05, 3.63) is 28.4 Å². The lowest BCUT2D eigenvalue weighted by Crippen LogP contribution is -1.91. The van der Waals surface area contributed by atoms with E-state index in [0.717, 1.165) is 23.1 Å². The first-order valence-electron chi connectivity index (χ1n) is 4.63. The highest BCUT2D eigenvalue weighted by molar-refractivity contribution is 9.10.